The Morgan fingerprint density at radius 3 is 2.71 bits per heavy atom. The Kier molecular flexibility index (Phi) is 5.93. The van der Waals surface area contributed by atoms with Crippen LogP contribution in [0, 0.1) is 5.82 Å². The molecular weight excluding hydrogens is 459 g/mol. The van der Waals surface area contributed by atoms with Gasteiger partial charge in [-0.15, -0.1) is 0 Å². The number of rotatable bonds is 7. The first-order chi connectivity index (χ1) is 16.4. The maximum absolute atomic E-state index is 13.4. The molecule has 0 spiro atoms. The average molecular weight is 481 g/mol. The molecule has 9 heteroatoms. The molecule has 1 amide bonds. The van der Waals surface area contributed by atoms with E-state index in [0.29, 0.717) is 27.4 Å². The summed E-state index contributed by atoms with van der Waals surface area (Å²) in [5.74, 6) is -0.750. The maximum atomic E-state index is 13.4. The first kappa shape index (κ1) is 22.3. The number of nitrogens with zero attached hydrogens (tertiary/aromatic N) is 2. The number of halogens is 2. The molecule has 1 aliphatic carbocycles. The number of nitrogens with one attached hydrogen (secondary N) is 2. The lowest BCUT2D eigenvalue weighted by atomic mass is 10.0. The van der Waals surface area contributed by atoms with Crippen LogP contribution >= 0.6 is 11.6 Å². The molecule has 4 aromatic rings. The standard InChI is InChI=1S/C25H22ClFN4O3/c26-17-3-1-2-16(12-17)20-13-31-23(25(34)29-20)21(15-4-5-15)22(30-31)24(33)28-19(10-11-32)14-6-8-18(27)9-7-14/h1-3,6-9,12-13,15,19,32H,4-5,10-11H2,(H,28,33)(H,29,34)/t19-/m1/s1. The summed E-state index contributed by atoms with van der Waals surface area (Å²) in [6.45, 7) is -0.161. The molecule has 1 aliphatic rings. The van der Waals surface area contributed by atoms with Gasteiger partial charge in [-0.05, 0) is 55.0 Å². The number of benzene rings is 2. The number of hydrogen-bond acceptors (Lipinski definition) is 4. The summed E-state index contributed by atoms with van der Waals surface area (Å²) < 4.78 is 14.8. The van der Waals surface area contributed by atoms with E-state index in [-0.39, 0.29) is 36.0 Å². The molecule has 7 nitrogen and oxygen atoms in total. The Balaban J connectivity index is 1.55. The lowest BCUT2D eigenvalue weighted by molar-refractivity contribution is 0.0923. The van der Waals surface area contributed by atoms with Crippen LogP contribution in [0.15, 0.2) is 59.5 Å². The zero-order chi connectivity index (χ0) is 23.8. The molecule has 2 heterocycles. The van der Waals surface area contributed by atoms with Gasteiger partial charge < -0.3 is 15.4 Å². The SMILES string of the molecule is O=C(N[C@H](CCO)c1ccc(F)cc1)c1nn2cc(-c3cccc(Cl)c3)[nH]c(=O)c2c1C1CC1. The average Bonchev–Trinajstić information content (AvgIpc) is 3.58. The second kappa shape index (κ2) is 9.04. The highest BCUT2D eigenvalue weighted by atomic mass is 35.5. The van der Waals surface area contributed by atoms with Gasteiger partial charge >= 0.3 is 0 Å². The van der Waals surface area contributed by atoms with Crippen LogP contribution in [0.25, 0.3) is 16.8 Å². The molecule has 34 heavy (non-hydrogen) atoms. The van der Waals surface area contributed by atoms with Crippen LogP contribution in [0.3, 0.4) is 0 Å². The van der Waals surface area contributed by atoms with E-state index in [4.69, 9.17) is 11.6 Å². The number of H-pyrrole nitrogens is 1. The van der Waals surface area contributed by atoms with Crippen LogP contribution in [0.1, 0.15) is 52.8 Å². The number of aliphatic hydroxyl groups excluding tert-OH is 1. The quantitative estimate of drug-likeness (QED) is 0.369. The van der Waals surface area contributed by atoms with Crippen LogP contribution in [0.5, 0.6) is 0 Å². The summed E-state index contributed by atoms with van der Waals surface area (Å²) in [5, 5.41) is 17.4. The molecule has 1 atom stereocenters. The van der Waals surface area contributed by atoms with E-state index in [2.05, 4.69) is 15.4 Å². The van der Waals surface area contributed by atoms with Crippen LogP contribution in [0.2, 0.25) is 5.02 Å². The minimum Gasteiger partial charge on any atom is -0.396 e. The van der Waals surface area contributed by atoms with Crippen molar-refractivity contribution in [3.8, 4) is 11.3 Å². The molecule has 0 saturated heterocycles. The number of fused-ring (bicyclic) bond motifs is 1. The zero-order valence-electron chi connectivity index (χ0n) is 18.1. The van der Waals surface area contributed by atoms with Gasteiger partial charge in [-0.2, -0.15) is 5.10 Å². The first-order valence-electron chi connectivity index (χ1n) is 11.0. The number of amides is 1. The predicted molar refractivity (Wildman–Crippen MR) is 127 cm³/mol. The zero-order valence-corrected chi connectivity index (χ0v) is 18.8. The van der Waals surface area contributed by atoms with Crippen molar-refractivity contribution in [3.05, 3.63) is 92.7 Å². The lowest BCUT2D eigenvalue weighted by Gasteiger charge is -2.18. The number of aromatic amines is 1. The molecule has 3 N–H and O–H groups in total. The normalized spacial score (nSPS) is 14.3. The molecular formula is C25H22ClFN4O3. The molecule has 0 aliphatic heterocycles. The largest absolute Gasteiger partial charge is 0.396 e. The summed E-state index contributed by atoms with van der Waals surface area (Å²) >= 11 is 6.10. The summed E-state index contributed by atoms with van der Waals surface area (Å²) in [6, 6.07) is 12.3. The summed E-state index contributed by atoms with van der Waals surface area (Å²) in [4.78, 5) is 29.3. The summed E-state index contributed by atoms with van der Waals surface area (Å²) in [6.07, 6.45) is 3.67. The number of carbonyl (C=O) groups is 1. The van der Waals surface area contributed by atoms with Crippen molar-refractivity contribution >= 4 is 23.0 Å². The van der Waals surface area contributed by atoms with E-state index >= 15 is 0 Å². The Morgan fingerprint density at radius 2 is 2.03 bits per heavy atom. The number of aliphatic hydroxyl groups is 1. The van der Waals surface area contributed by atoms with Crippen LogP contribution < -0.4 is 10.9 Å². The molecule has 1 fully saturated rings. The van der Waals surface area contributed by atoms with Gasteiger partial charge in [-0.3, -0.25) is 9.59 Å². The number of aromatic nitrogens is 3. The van der Waals surface area contributed by atoms with Crippen molar-refractivity contribution in [2.24, 2.45) is 0 Å². The maximum Gasteiger partial charge on any atom is 0.274 e. The van der Waals surface area contributed by atoms with E-state index in [1.165, 1.54) is 16.6 Å². The van der Waals surface area contributed by atoms with Gasteiger partial charge in [0.25, 0.3) is 11.5 Å². The highest BCUT2D eigenvalue weighted by Gasteiger charge is 2.34. The van der Waals surface area contributed by atoms with E-state index in [9.17, 15) is 19.1 Å². The van der Waals surface area contributed by atoms with Gasteiger partial charge in [0.15, 0.2) is 5.69 Å². The van der Waals surface area contributed by atoms with Crippen LogP contribution in [-0.2, 0) is 0 Å². The van der Waals surface area contributed by atoms with Crippen molar-refractivity contribution in [1.82, 2.24) is 19.9 Å². The van der Waals surface area contributed by atoms with Crippen molar-refractivity contribution in [3.63, 3.8) is 0 Å². The number of hydrogen-bond donors (Lipinski definition) is 3. The molecule has 0 radical (unpaired) electrons. The predicted octanol–water partition coefficient (Wildman–Crippen LogP) is 4.21. The third-order valence-corrected chi connectivity index (χ3v) is 6.23. The molecule has 1 saturated carbocycles. The first-order valence-corrected chi connectivity index (χ1v) is 11.4. The molecule has 2 aromatic heterocycles. The monoisotopic (exact) mass is 480 g/mol. The minimum atomic E-state index is -0.532. The minimum absolute atomic E-state index is 0.0819. The van der Waals surface area contributed by atoms with Crippen molar-refractivity contribution < 1.29 is 14.3 Å². The van der Waals surface area contributed by atoms with Gasteiger partial charge in [-0.1, -0.05) is 35.9 Å². The van der Waals surface area contributed by atoms with Crippen molar-refractivity contribution in [1.29, 1.82) is 0 Å². The summed E-state index contributed by atoms with van der Waals surface area (Å²) in [7, 11) is 0. The Morgan fingerprint density at radius 1 is 1.26 bits per heavy atom. The van der Waals surface area contributed by atoms with E-state index in [0.717, 1.165) is 18.4 Å². The highest BCUT2D eigenvalue weighted by Crippen LogP contribution is 2.43. The van der Waals surface area contributed by atoms with E-state index < -0.39 is 11.9 Å². The fourth-order valence-corrected chi connectivity index (χ4v) is 4.40. The number of carbonyl (C=O) groups excluding carboxylic acids is 1. The third kappa shape index (κ3) is 4.34. The van der Waals surface area contributed by atoms with Crippen molar-refractivity contribution in [2.45, 2.75) is 31.2 Å². The Hall–Kier alpha value is -3.49. The second-order valence-electron chi connectivity index (χ2n) is 8.43. The summed E-state index contributed by atoms with van der Waals surface area (Å²) in [5.41, 5.74) is 2.73. The van der Waals surface area contributed by atoms with Crippen LogP contribution in [-0.4, -0.2) is 32.2 Å². The van der Waals surface area contributed by atoms with Gasteiger partial charge in [0.1, 0.15) is 11.3 Å². The van der Waals surface area contributed by atoms with Gasteiger partial charge in [0.2, 0.25) is 0 Å². The van der Waals surface area contributed by atoms with Crippen molar-refractivity contribution in [2.75, 3.05) is 6.61 Å². The smallest absolute Gasteiger partial charge is 0.274 e. The second-order valence-corrected chi connectivity index (χ2v) is 8.86. The molecule has 0 unspecified atom stereocenters. The van der Waals surface area contributed by atoms with Gasteiger partial charge in [0.05, 0.1) is 17.9 Å². The van der Waals surface area contributed by atoms with E-state index in [1.807, 2.05) is 6.07 Å². The molecule has 174 valence electrons. The van der Waals surface area contributed by atoms with Crippen LogP contribution in [0.4, 0.5) is 4.39 Å². The fraction of sp³-hybridized carbons (Fsp3) is 0.240. The lowest BCUT2D eigenvalue weighted by Crippen LogP contribution is -2.30. The third-order valence-electron chi connectivity index (χ3n) is 5.99. The fourth-order valence-electron chi connectivity index (χ4n) is 4.21. The molecule has 5 rings (SSSR count). The van der Waals surface area contributed by atoms with Gasteiger partial charge in [0, 0.05) is 22.8 Å². The molecule has 2 aromatic carbocycles. The highest BCUT2D eigenvalue weighted by molar-refractivity contribution is 6.30. The Labute approximate surface area is 199 Å². The van der Waals surface area contributed by atoms with E-state index in [1.54, 1.807) is 36.5 Å². The Bertz CT molecular complexity index is 1430. The topological polar surface area (TPSA) is 99.5 Å². The molecule has 0 bridgehead atoms. The van der Waals surface area contributed by atoms with Gasteiger partial charge in [-0.25, -0.2) is 8.91 Å².